The molecule has 0 aliphatic heterocycles. The Balaban J connectivity index is 1.83. The average Bonchev–Trinajstić information content (AvgIpc) is 3.49. The van der Waals surface area contributed by atoms with Crippen LogP contribution in [0, 0.1) is 13.8 Å². The summed E-state index contributed by atoms with van der Waals surface area (Å²) in [6, 6.07) is 11.9. The second-order valence-electron chi connectivity index (χ2n) is 8.05. The van der Waals surface area contributed by atoms with E-state index in [1.165, 1.54) is 6.26 Å². The summed E-state index contributed by atoms with van der Waals surface area (Å²) < 4.78 is 5.43. The van der Waals surface area contributed by atoms with Crippen LogP contribution in [0.5, 0.6) is 0 Å². The minimum atomic E-state index is -0.868. The van der Waals surface area contributed by atoms with Gasteiger partial charge in [-0.25, -0.2) is 0 Å². The first-order chi connectivity index (χ1) is 15.1. The molecule has 2 aromatic heterocycles. The van der Waals surface area contributed by atoms with E-state index >= 15 is 0 Å². The molecule has 0 spiro atoms. The smallest absolute Gasteiger partial charge is 0.294 e. The number of anilines is 1. The first-order valence-corrected chi connectivity index (χ1v) is 10.7. The maximum Gasteiger partial charge on any atom is 0.294 e. The molecule has 0 radical (unpaired) electrons. The quantitative estimate of drug-likeness (QED) is 0.629. The van der Waals surface area contributed by atoms with Gasteiger partial charge in [-0.2, -0.15) is 0 Å². The van der Waals surface area contributed by atoms with E-state index in [-0.39, 0.29) is 23.6 Å². The second kappa shape index (κ2) is 9.16. The molecule has 6 heteroatoms. The lowest BCUT2D eigenvalue weighted by atomic mass is 10.0. The van der Waals surface area contributed by atoms with E-state index < -0.39 is 6.04 Å². The molecule has 1 aromatic carbocycles. The van der Waals surface area contributed by atoms with Crippen LogP contribution in [-0.4, -0.2) is 22.8 Å². The van der Waals surface area contributed by atoms with Crippen molar-refractivity contribution in [1.29, 1.82) is 0 Å². The zero-order valence-electron chi connectivity index (χ0n) is 17.9. The lowest BCUT2D eigenvalue weighted by Gasteiger charge is -2.33. The lowest BCUT2D eigenvalue weighted by Crippen LogP contribution is -2.46. The van der Waals surface area contributed by atoms with E-state index in [0.29, 0.717) is 11.3 Å². The Morgan fingerprint density at radius 3 is 2.58 bits per heavy atom. The summed E-state index contributed by atoms with van der Waals surface area (Å²) in [5, 5.41) is 3.17. The first kappa shape index (κ1) is 20.8. The summed E-state index contributed by atoms with van der Waals surface area (Å²) in [6.07, 6.45) is 8.90. The molecule has 0 saturated heterocycles. The van der Waals surface area contributed by atoms with E-state index in [1.807, 2.05) is 38.1 Å². The number of aromatic nitrogens is 1. The van der Waals surface area contributed by atoms with E-state index in [0.717, 1.165) is 36.8 Å². The number of carbonyl (C=O) groups is 2. The van der Waals surface area contributed by atoms with E-state index in [2.05, 4.69) is 10.3 Å². The zero-order chi connectivity index (χ0) is 21.8. The molecule has 1 fully saturated rings. The van der Waals surface area contributed by atoms with Gasteiger partial charge in [0.2, 0.25) is 5.91 Å². The van der Waals surface area contributed by atoms with Gasteiger partial charge < -0.3 is 9.73 Å². The van der Waals surface area contributed by atoms with E-state index in [9.17, 15) is 9.59 Å². The van der Waals surface area contributed by atoms with Crippen molar-refractivity contribution in [2.45, 2.75) is 51.6 Å². The number of nitrogens with zero attached hydrogens (tertiary/aromatic N) is 2. The third-order valence-corrected chi connectivity index (χ3v) is 5.99. The number of nitrogens with one attached hydrogen (secondary N) is 1. The van der Waals surface area contributed by atoms with Gasteiger partial charge in [-0.1, -0.05) is 31.0 Å². The Kier molecular flexibility index (Phi) is 6.16. The monoisotopic (exact) mass is 417 g/mol. The summed E-state index contributed by atoms with van der Waals surface area (Å²) in [5.74, 6) is -0.390. The molecule has 31 heavy (non-hydrogen) atoms. The standard InChI is InChI=1S/C25H27N3O3/c1-17-8-5-12-21(18(17)2)28(25(30)22-13-7-15-31-22)23(19-9-6-14-26-16-19)24(29)27-20-10-3-4-11-20/h5-9,12-16,20,23H,3-4,10-11H2,1-2H3,(H,27,29)/t23-/m0/s1. The van der Waals surface area contributed by atoms with E-state index in [1.54, 1.807) is 35.5 Å². The van der Waals surface area contributed by atoms with Gasteiger partial charge in [0.1, 0.15) is 6.04 Å². The van der Waals surface area contributed by atoms with Crippen LogP contribution in [0.3, 0.4) is 0 Å². The lowest BCUT2D eigenvalue weighted by molar-refractivity contribution is -0.123. The fourth-order valence-corrected chi connectivity index (χ4v) is 4.19. The van der Waals surface area contributed by atoms with Crippen molar-refractivity contribution in [3.05, 3.63) is 83.6 Å². The molecule has 2 heterocycles. The molecule has 2 amide bonds. The normalized spacial score (nSPS) is 14.9. The van der Waals surface area contributed by atoms with Crippen LogP contribution in [0.25, 0.3) is 0 Å². The number of furan rings is 1. The van der Waals surface area contributed by atoms with Crippen LogP contribution >= 0.6 is 0 Å². The molecule has 4 rings (SSSR count). The predicted octanol–water partition coefficient (Wildman–Crippen LogP) is 4.74. The van der Waals surface area contributed by atoms with Crippen molar-refractivity contribution >= 4 is 17.5 Å². The van der Waals surface area contributed by atoms with Crippen LogP contribution in [0.4, 0.5) is 5.69 Å². The highest BCUT2D eigenvalue weighted by Crippen LogP contribution is 2.33. The number of pyridine rings is 1. The highest BCUT2D eigenvalue weighted by Gasteiger charge is 2.36. The van der Waals surface area contributed by atoms with Gasteiger partial charge in [-0.05, 0) is 62.1 Å². The predicted molar refractivity (Wildman–Crippen MR) is 119 cm³/mol. The fourth-order valence-electron chi connectivity index (χ4n) is 4.19. The molecule has 1 N–H and O–H groups in total. The highest BCUT2D eigenvalue weighted by atomic mass is 16.3. The van der Waals surface area contributed by atoms with E-state index in [4.69, 9.17) is 4.42 Å². The summed E-state index contributed by atoms with van der Waals surface area (Å²) >= 11 is 0. The Hall–Kier alpha value is -3.41. The van der Waals surface area contributed by atoms with Gasteiger partial charge in [0, 0.05) is 29.7 Å². The van der Waals surface area contributed by atoms with Gasteiger partial charge in [0.25, 0.3) is 5.91 Å². The Morgan fingerprint density at radius 1 is 1.10 bits per heavy atom. The number of benzene rings is 1. The average molecular weight is 418 g/mol. The summed E-state index contributed by atoms with van der Waals surface area (Å²) in [4.78, 5) is 33.0. The van der Waals surface area contributed by atoms with Gasteiger partial charge >= 0.3 is 0 Å². The summed E-state index contributed by atoms with van der Waals surface area (Å²) in [7, 11) is 0. The molecule has 6 nitrogen and oxygen atoms in total. The van der Waals surface area contributed by atoms with Crippen molar-refractivity contribution < 1.29 is 14.0 Å². The Morgan fingerprint density at radius 2 is 1.90 bits per heavy atom. The topological polar surface area (TPSA) is 75.4 Å². The van der Waals surface area contributed by atoms with Gasteiger partial charge in [-0.3, -0.25) is 19.5 Å². The fraction of sp³-hybridized carbons (Fsp3) is 0.320. The minimum absolute atomic E-state index is 0.130. The molecule has 1 aliphatic rings. The zero-order valence-corrected chi connectivity index (χ0v) is 17.9. The molecule has 0 unspecified atom stereocenters. The number of hydrogen-bond acceptors (Lipinski definition) is 4. The number of hydrogen-bond donors (Lipinski definition) is 1. The van der Waals surface area contributed by atoms with Crippen LogP contribution in [0.15, 0.2) is 65.5 Å². The molecular weight excluding hydrogens is 390 g/mol. The second-order valence-corrected chi connectivity index (χ2v) is 8.05. The van der Waals surface area contributed by atoms with Crippen LogP contribution < -0.4 is 10.2 Å². The first-order valence-electron chi connectivity index (χ1n) is 10.7. The number of amides is 2. The number of rotatable bonds is 6. The number of aryl methyl sites for hydroxylation is 1. The Labute approximate surface area is 182 Å². The molecule has 1 atom stereocenters. The molecule has 0 bridgehead atoms. The summed E-state index contributed by atoms with van der Waals surface area (Å²) in [5.41, 5.74) is 3.30. The van der Waals surface area contributed by atoms with Gasteiger partial charge in [0.15, 0.2) is 5.76 Å². The van der Waals surface area contributed by atoms with Crippen molar-refractivity contribution in [2.75, 3.05) is 4.90 Å². The summed E-state index contributed by atoms with van der Waals surface area (Å²) in [6.45, 7) is 3.95. The molecular formula is C25H27N3O3. The van der Waals surface area contributed by atoms with Crippen LogP contribution in [0.2, 0.25) is 0 Å². The van der Waals surface area contributed by atoms with Crippen molar-refractivity contribution in [3.63, 3.8) is 0 Å². The SMILES string of the molecule is Cc1cccc(N(C(=O)c2ccco2)[C@H](C(=O)NC2CCCC2)c2cccnc2)c1C. The van der Waals surface area contributed by atoms with Crippen molar-refractivity contribution in [2.24, 2.45) is 0 Å². The van der Waals surface area contributed by atoms with Crippen molar-refractivity contribution in [3.8, 4) is 0 Å². The minimum Gasteiger partial charge on any atom is -0.459 e. The van der Waals surface area contributed by atoms with Crippen molar-refractivity contribution in [1.82, 2.24) is 10.3 Å². The van der Waals surface area contributed by atoms with Gasteiger partial charge in [0.05, 0.1) is 6.26 Å². The van der Waals surface area contributed by atoms with Crippen LogP contribution in [0.1, 0.15) is 59.0 Å². The van der Waals surface area contributed by atoms with Gasteiger partial charge in [-0.15, -0.1) is 0 Å². The molecule has 1 saturated carbocycles. The molecule has 3 aromatic rings. The maximum atomic E-state index is 13.7. The number of carbonyl (C=O) groups excluding carboxylic acids is 2. The highest BCUT2D eigenvalue weighted by molar-refractivity contribution is 6.09. The third-order valence-electron chi connectivity index (χ3n) is 5.99. The molecule has 160 valence electrons. The third kappa shape index (κ3) is 4.38. The largest absolute Gasteiger partial charge is 0.459 e. The maximum absolute atomic E-state index is 13.7. The molecule has 1 aliphatic carbocycles. The Bertz CT molecular complexity index is 1040. The van der Waals surface area contributed by atoms with Crippen LogP contribution in [-0.2, 0) is 4.79 Å².